The SMILES string of the molecule is CNC(=S)N(CCc1ccccc1)C1CC(=O)N(c2ccc(Br)cc2)C1=O. The van der Waals surface area contributed by atoms with Crippen LogP contribution < -0.4 is 10.2 Å². The summed E-state index contributed by atoms with van der Waals surface area (Å²) in [5.41, 5.74) is 1.73. The third kappa shape index (κ3) is 4.36. The molecule has 1 aliphatic heterocycles. The Morgan fingerprint density at radius 2 is 1.85 bits per heavy atom. The van der Waals surface area contributed by atoms with E-state index in [1.165, 1.54) is 4.90 Å². The Morgan fingerprint density at radius 1 is 1.19 bits per heavy atom. The molecule has 27 heavy (non-hydrogen) atoms. The fourth-order valence-corrected chi connectivity index (χ4v) is 3.64. The van der Waals surface area contributed by atoms with Crippen molar-refractivity contribution in [3.8, 4) is 0 Å². The van der Waals surface area contributed by atoms with Gasteiger partial charge in [-0.15, -0.1) is 0 Å². The van der Waals surface area contributed by atoms with Crippen LogP contribution in [0, 0.1) is 0 Å². The van der Waals surface area contributed by atoms with Crippen molar-refractivity contribution in [1.82, 2.24) is 10.2 Å². The molecule has 0 aliphatic carbocycles. The third-order valence-corrected chi connectivity index (χ3v) is 5.51. The predicted octanol–water partition coefficient (Wildman–Crippen LogP) is 3.13. The summed E-state index contributed by atoms with van der Waals surface area (Å²) >= 11 is 8.79. The van der Waals surface area contributed by atoms with Crippen molar-refractivity contribution < 1.29 is 9.59 Å². The first-order valence-electron chi connectivity index (χ1n) is 8.66. The van der Waals surface area contributed by atoms with Crippen LogP contribution >= 0.6 is 28.1 Å². The number of hydrogen-bond donors (Lipinski definition) is 1. The largest absolute Gasteiger partial charge is 0.366 e. The molecule has 0 saturated carbocycles. The summed E-state index contributed by atoms with van der Waals surface area (Å²) in [5.74, 6) is -0.455. The van der Waals surface area contributed by atoms with E-state index in [4.69, 9.17) is 12.2 Å². The zero-order chi connectivity index (χ0) is 19.4. The normalized spacial score (nSPS) is 16.5. The number of carbonyl (C=O) groups excluding carboxylic acids is 2. The summed E-state index contributed by atoms with van der Waals surface area (Å²) in [6.45, 7) is 0.557. The molecular weight excluding hydrogens is 426 g/mol. The maximum absolute atomic E-state index is 13.0. The average molecular weight is 446 g/mol. The molecule has 1 heterocycles. The fourth-order valence-electron chi connectivity index (χ4n) is 3.16. The molecule has 0 spiro atoms. The van der Waals surface area contributed by atoms with Gasteiger partial charge < -0.3 is 10.2 Å². The molecule has 2 amide bonds. The molecule has 0 radical (unpaired) electrons. The number of anilines is 1. The number of halogens is 1. The van der Waals surface area contributed by atoms with Gasteiger partial charge in [0.25, 0.3) is 5.91 Å². The minimum Gasteiger partial charge on any atom is -0.366 e. The summed E-state index contributed by atoms with van der Waals surface area (Å²) < 4.78 is 0.891. The molecule has 1 N–H and O–H groups in total. The molecule has 0 bridgehead atoms. The van der Waals surface area contributed by atoms with Gasteiger partial charge in [0.1, 0.15) is 6.04 Å². The summed E-state index contributed by atoms with van der Waals surface area (Å²) in [5, 5.41) is 3.41. The summed E-state index contributed by atoms with van der Waals surface area (Å²) in [6.07, 6.45) is 0.852. The monoisotopic (exact) mass is 445 g/mol. The molecule has 1 aliphatic rings. The van der Waals surface area contributed by atoms with E-state index in [-0.39, 0.29) is 18.2 Å². The Kier molecular flexibility index (Phi) is 6.23. The van der Waals surface area contributed by atoms with Gasteiger partial charge in [-0.05, 0) is 48.5 Å². The number of imide groups is 1. The van der Waals surface area contributed by atoms with Crippen LogP contribution in [0.5, 0.6) is 0 Å². The molecule has 1 atom stereocenters. The number of amides is 2. The molecule has 1 fully saturated rings. The Morgan fingerprint density at radius 3 is 2.48 bits per heavy atom. The van der Waals surface area contributed by atoms with Crippen molar-refractivity contribution in [2.24, 2.45) is 0 Å². The van der Waals surface area contributed by atoms with Crippen LogP contribution in [-0.2, 0) is 16.0 Å². The van der Waals surface area contributed by atoms with Gasteiger partial charge in [-0.25, -0.2) is 4.90 Å². The molecule has 1 saturated heterocycles. The predicted molar refractivity (Wildman–Crippen MR) is 114 cm³/mol. The van der Waals surface area contributed by atoms with Gasteiger partial charge in [0.05, 0.1) is 12.1 Å². The molecule has 0 aromatic heterocycles. The number of thiocarbonyl (C=S) groups is 1. The van der Waals surface area contributed by atoms with Gasteiger partial charge in [0.15, 0.2) is 5.11 Å². The minimum absolute atomic E-state index is 0.117. The number of nitrogens with zero attached hydrogens (tertiary/aromatic N) is 2. The zero-order valence-corrected chi connectivity index (χ0v) is 17.3. The van der Waals surface area contributed by atoms with Crippen molar-refractivity contribution in [2.75, 3.05) is 18.5 Å². The first-order valence-corrected chi connectivity index (χ1v) is 9.86. The molecule has 3 rings (SSSR count). The second kappa shape index (κ2) is 8.63. The van der Waals surface area contributed by atoms with Crippen LogP contribution in [0.4, 0.5) is 5.69 Å². The van der Waals surface area contributed by atoms with E-state index < -0.39 is 6.04 Å². The molecule has 2 aromatic carbocycles. The lowest BCUT2D eigenvalue weighted by atomic mass is 10.1. The standard InChI is InChI=1S/C20H20BrN3O2S/c1-22-20(27)23(12-11-14-5-3-2-4-6-14)17-13-18(25)24(19(17)26)16-9-7-15(21)8-10-16/h2-10,17H,11-13H2,1H3,(H,22,27). The lowest BCUT2D eigenvalue weighted by molar-refractivity contribution is -0.122. The zero-order valence-electron chi connectivity index (χ0n) is 14.9. The number of rotatable bonds is 5. The van der Waals surface area contributed by atoms with E-state index in [0.29, 0.717) is 17.3 Å². The van der Waals surface area contributed by atoms with Crippen LogP contribution in [0.2, 0.25) is 0 Å². The number of hydrogen-bond acceptors (Lipinski definition) is 3. The quantitative estimate of drug-likeness (QED) is 0.565. The highest BCUT2D eigenvalue weighted by Gasteiger charge is 2.43. The van der Waals surface area contributed by atoms with E-state index in [2.05, 4.69) is 21.2 Å². The van der Waals surface area contributed by atoms with Gasteiger partial charge in [-0.2, -0.15) is 0 Å². The number of nitrogens with one attached hydrogen (secondary N) is 1. The molecule has 1 unspecified atom stereocenters. The summed E-state index contributed by atoms with van der Waals surface area (Å²) in [6, 6.07) is 16.6. The van der Waals surface area contributed by atoms with Gasteiger partial charge in [-0.3, -0.25) is 9.59 Å². The van der Waals surface area contributed by atoms with Crippen LogP contribution in [0.25, 0.3) is 0 Å². The van der Waals surface area contributed by atoms with Crippen LogP contribution in [0.3, 0.4) is 0 Å². The lowest BCUT2D eigenvalue weighted by Crippen LogP contribution is -2.49. The average Bonchev–Trinajstić information content (AvgIpc) is 2.97. The highest BCUT2D eigenvalue weighted by atomic mass is 79.9. The first-order chi connectivity index (χ1) is 13.0. The highest BCUT2D eigenvalue weighted by molar-refractivity contribution is 9.10. The first kappa shape index (κ1) is 19.5. The van der Waals surface area contributed by atoms with Gasteiger partial charge in [-0.1, -0.05) is 46.3 Å². The molecule has 2 aromatic rings. The van der Waals surface area contributed by atoms with Crippen LogP contribution in [-0.4, -0.2) is 41.5 Å². The van der Waals surface area contributed by atoms with Crippen molar-refractivity contribution in [3.63, 3.8) is 0 Å². The van der Waals surface area contributed by atoms with Crippen molar-refractivity contribution >= 4 is 50.8 Å². The van der Waals surface area contributed by atoms with Crippen LogP contribution in [0.1, 0.15) is 12.0 Å². The van der Waals surface area contributed by atoms with E-state index in [9.17, 15) is 9.59 Å². The summed E-state index contributed by atoms with van der Waals surface area (Å²) in [4.78, 5) is 28.7. The Balaban J connectivity index is 1.80. The van der Waals surface area contributed by atoms with Crippen molar-refractivity contribution in [1.29, 1.82) is 0 Å². The smallest absolute Gasteiger partial charge is 0.257 e. The third-order valence-electron chi connectivity index (χ3n) is 4.54. The lowest BCUT2D eigenvalue weighted by Gasteiger charge is -2.29. The Bertz CT molecular complexity index is 842. The van der Waals surface area contributed by atoms with Crippen molar-refractivity contribution in [3.05, 3.63) is 64.6 Å². The maximum atomic E-state index is 13.0. The topological polar surface area (TPSA) is 52.7 Å². The van der Waals surface area contributed by atoms with Gasteiger partial charge in [0.2, 0.25) is 5.91 Å². The minimum atomic E-state index is -0.593. The second-order valence-electron chi connectivity index (χ2n) is 6.25. The highest BCUT2D eigenvalue weighted by Crippen LogP contribution is 2.27. The Labute approximate surface area is 172 Å². The molecule has 140 valence electrons. The summed E-state index contributed by atoms with van der Waals surface area (Å²) in [7, 11) is 1.73. The number of benzene rings is 2. The number of carbonyl (C=O) groups is 2. The van der Waals surface area contributed by atoms with Crippen LogP contribution in [0.15, 0.2) is 59.1 Å². The van der Waals surface area contributed by atoms with Crippen molar-refractivity contribution in [2.45, 2.75) is 18.9 Å². The van der Waals surface area contributed by atoms with Gasteiger partial charge in [0, 0.05) is 18.1 Å². The Hall–Kier alpha value is -2.25. The fraction of sp³-hybridized carbons (Fsp3) is 0.250. The van der Waals surface area contributed by atoms with E-state index in [1.807, 2.05) is 47.4 Å². The van der Waals surface area contributed by atoms with E-state index in [1.54, 1.807) is 19.2 Å². The molecular formula is C20H20BrN3O2S. The second-order valence-corrected chi connectivity index (χ2v) is 7.55. The molecule has 5 nitrogen and oxygen atoms in total. The van der Waals surface area contributed by atoms with E-state index >= 15 is 0 Å². The molecule has 7 heteroatoms. The van der Waals surface area contributed by atoms with Gasteiger partial charge >= 0.3 is 0 Å². The maximum Gasteiger partial charge on any atom is 0.257 e. The van der Waals surface area contributed by atoms with E-state index in [0.717, 1.165) is 16.5 Å².